The number of aromatic nitrogens is 2. The van der Waals surface area contributed by atoms with Gasteiger partial charge in [0.05, 0.1) is 11.8 Å². The summed E-state index contributed by atoms with van der Waals surface area (Å²) in [7, 11) is 1.66. The summed E-state index contributed by atoms with van der Waals surface area (Å²) in [6, 6.07) is 20.1. The first kappa shape index (κ1) is 20.1. The molecule has 0 fully saturated rings. The molecule has 0 saturated heterocycles. The molecule has 6 nitrogen and oxygen atoms in total. The fraction of sp³-hybridized carbons (Fsp3) is 0.217. The minimum absolute atomic E-state index is 0.495. The lowest BCUT2D eigenvalue weighted by Crippen LogP contribution is -2.28. The van der Waals surface area contributed by atoms with Crippen molar-refractivity contribution in [3.8, 4) is 11.5 Å². The number of anilines is 1. The Bertz CT molecular complexity index is 1070. The van der Waals surface area contributed by atoms with Gasteiger partial charge in [-0.05, 0) is 35.4 Å². The highest BCUT2D eigenvalue weighted by molar-refractivity contribution is 7.22. The van der Waals surface area contributed by atoms with E-state index < -0.39 is 0 Å². The predicted octanol–water partition coefficient (Wildman–Crippen LogP) is 4.24. The second kappa shape index (κ2) is 9.56. The summed E-state index contributed by atoms with van der Waals surface area (Å²) in [6.07, 6.45) is 1.76. The number of nitrogens with two attached hydrogens (primary N) is 1. The molecule has 2 aromatic carbocycles. The lowest BCUT2D eigenvalue weighted by atomic mass is 10.2. The molecule has 0 amide bonds. The van der Waals surface area contributed by atoms with Crippen molar-refractivity contribution in [2.45, 2.75) is 13.2 Å². The topological polar surface area (TPSA) is 73.5 Å². The average Bonchev–Trinajstić information content (AvgIpc) is 3.23. The van der Waals surface area contributed by atoms with Gasteiger partial charge in [0.25, 0.3) is 0 Å². The fourth-order valence-corrected chi connectivity index (χ4v) is 4.13. The van der Waals surface area contributed by atoms with Crippen molar-refractivity contribution in [1.82, 2.24) is 9.97 Å². The molecule has 0 bridgehead atoms. The zero-order valence-electron chi connectivity index (χ0n) is 16.8. The molecule has 0 atom stereocenters. The van der Waals surface area contributed by atoms with Gasteiger partial charge in [-0.25, -0.2) is 4.98 Å². The zero-order valence-corrected chi connectivity index (χ0v) is 17.6. The lowest BCUT2D eigenvalue weighted by molar-refractivity contribution is 0.284. The van der Waals surface area contributed by atoms with Crippen LogP contribution in [0.1, 0.15) is 11.1 Å². The Morgan fingerprint density at radius 1 is 1.00 bits per heavy atom. The van der Waals surface area contributed by atoms with Crippen LogP contribution in [0, 0.1) is 0 Å². The van der Waals surface area contributed by atoms with E-state index in [1.165, 1.54) is 0 Å². The fourth-order valence-electron chi connectivity index (χ4n) is 3.18. The Hall–Kier alpha value is -3.16. The summed E-state index contributed by atoms with van der Waals surface area (Å²) >= 11 is 1.62. The maximum atomic E-state index is 5.97. The summed E-state index contributed by atoms with van der Waals surface area (Å²) in [5.41, 5.74) is 8.84. The first-order chi connectivity index (χ1) is 14.8. The van der Waals surface area contributed by atoms with Crippen LogP contribution in [-0.4, -0.2) is 30.2 Å². The second-order valence-electron chi connectivity index (χ2n) is 6.79. The molecule has 2 N–H and O–H groups in total. The minimum Gasteiger partial charge on any atom is -0.493 e. The van der Waals surface area contributed by atoms with Gasteiger partial charge in [-0.3, -0.25) is 0 Å². The van der Waals surface area contributed by atoms with Crippen molar-refractivity contribution in [2.24, 2.45) is 5.73 Å². The summed E-state index contributed by atoms with van der Waals surface area (Å²) in [5, 5.41) is 0.914. The first-order valence-electron chi connectivity index (χ1n) is 9.77. The van der Waals surface area contributed by atoms with E-state index in [4.69, 9.17) is 15.2 Å². The third-order valence-corrected chi connectivity index (χ3v) is 5.73. The Labute approximate surface area is 179 Å². The maximum Gasteiger partial charge on any atom is 0.188 e. The van der Waals surface area contributed by atoms with Gasteiger partial charge >= 0.3 is 0 Å². The maximum absolute atomic E-state index is 5.97. The van der Waals surface area contributed by atoms with Gasteiger partial charge < -0.3 is 20.1 Å². The Morgan fingerprint density at radius 2 is 1.87 bits per heavy atom. The number of hydrogen-bond acceptors (Lipinski definition) is 7. The van der Waals surface area contributed by atoms with E-state index in [9.17, 15) is 0 Å². The number of ether oxygens (including phenoxy) is 2. The van der Waals surface area contributed by atoms with Crippen LogP contribution < -0.4 is 20.1 Å². The van der Waals surface area contributed by atoms with E-state index in [2.05, 4.69) is 20.9 Å². The standard InChI is InChI=1S/C23H24N4O2S/c1-28-20-14-18(9-10-19(20)29-16-17-6-3-2-4-7-17)15-27(13-11-24)23-26-22-21(30-23)8-5-12-25-22/h2-10,12,14H,11,13,15-16,24H2,1H3. The van der Waals surface area contributed by atoms with E-state index in [1.807, 2.05) is 54.6 Å². The van der Waals surface area contributed by atoms with Crippen LogP contribution in [0.2, 0.25) is 0 Å². The Morgan fingerprint density at radius 3 is 2.63 bits per heavy atom. The second-order valence-corrected chi connectivity index (χ2v) is 7.80. The molecule has 0 spiro atoms. The quantitative estimate of drug-likeness (QED) is 0.436. The molecule has 0 saturated carbocycles. The number of rotatable bonds is 9. The highest BCUT2D eigenvalue weighted by atomic mass is 32.1. The van der Waals surface area contributed by atoms with Crippen LogP contribution in [0.3, 0.4) is 0 Å². The summed E-state index contributed by atoms with van der Waals surface area (Å²) in [5.74, 6) is 1.43. The van der Waals surface area contributed by atoms with E-state index in [0.29, 0.717) is 32.0 Å². The molecular formula is C23H24N4O2S. The number of fused-ring (bicyclic) bond motifs is 1. The van der Waals surface area contributed by atoms with Gasteiger partial charge in [0.1, 0.15) is 6.61 Å². The van der Waals surface area contributed by atoms with Crippen molar-refractivity contribution in [3.05, 3.63) is 78.0 Å². The summed E-state index contributed by atoms with van der Waals surface area (Å²) in [6.45, 7) is 2.41. The molecule has 2 heterocycles. The largest absolute Gasteiger partial charge is 0.493 e. The molecule has 4 aromatic rings. The molecule has 0 unspecified atom stereocenters. The molecule has 0 aliphatic carbocycles. The monoisotopic (exact) mass is 420 g/mol. The summed E-state index contributed by atoms with van der Waals surface area (Å²) in [4.78, 5) is 11.2. The molecule has 2 aromatic heterocycles. The molecule has 0 radical (unpaired) electrons. The minimum atomic E-state index is 0.495. The van der Waals surface area contributed by atoms with Gasteiger partial charge in [-0.1, -0.05) is 47.7 Å². The van der Waals surface area contributed by atoms with E-state index >= 15 is 0 Å². The van der Waals surface area contributed by atoms with Crippen LogP contribution >= 0.6 is 11.3 Å². The highest BCUT2D eigenvalue weighted by Crippen LogP contribution is 2.32. The third kappa shape index (κ3) is 4.69. The van der Waals surface area contributed by atoms with Gasteiger partial charge in [-0.15, -0.1) is 0 Å². The van der Waals surface area contributed by atoms with Crippen molar-refractivity contribution in [2.75, 3.05) is 25.1 Å². The van der Waals surface area contributed by atoms with Gasteiger partial charge in [-0.2, -0.15) is 4.98 Å². The molecule has 4 rings (SSSR count). The molecule has 30 heavy (non-hydrogen) atoms. The van der Waals surface area contributed by atoms with Crippen LogP contribution in [0.15, 0.2) is 66.9 Å². The number of nitrogens with zero attached hydrogens (tertiary/aromatic N) is 3. The molecular weight excluding hydrogens is 396 g/mol. The lowest BCUT2D eigenvalue weighted by Gasteiger charge is -2.21. The molecule has 0 aliphatic heterocycles. The third-order valence-electron chi connectivity index (χ3n) is 4.66. The van der Waals surface area contributed by atoms with Gasteiger partial charge in [0, 0.05) is 25.8 Å². The normalized spacial score (nSPS) is 10.9. The van der Waals surface area contributed by atoms with Crippen LogP contribution in [0.5, 0.6) is 11.5 Å². The van der Waals surface area contributed by atoms with Gasteiger partial charge in [0.2, 0.25) is 0 Å². The van der Waals surface area contributed by atoms with Crippen molar-refractivity contribution in [1.29, 1.82) is 0 Å². The highest BCUT2D eigenvalue weighted by Gasteiger charge is 2.14. The smallest absolute Gasteiger partial charge is 0.188 e. The Balaban J connectivity index is 1.51. The molecule has 7 heteroatoms. The number of hydrogen-bond donors (Lipinski definition) is 1. The SMILES string of the molecule is COc1cc(CN(CCN)c2nc3ncccc3s2)ccc1OCc1ccccc1. The number of benzene rings is 2. The van der Waals surface area contributed by atoms with Crippen molar-refractivity contribution < 1.29 is 9.47 Å². The average molecular weight is 421 g/mol. The number of methoxy groups -OCH3 is 1. The van der Waals surface area contributed by atoms with E-state index in [-0.39, 0.29) is 0 Å². The molecule has 0 aliphatic rings. The zero-order chi connectivity index (χ0) is 20.8. The van der Waals surface area contributed by atoms with Crippen LogP contribution in [0.4, 0.5) is 5.13 Å². The summed E-state index contributed by atoms with van der Waals surface area (Å²) < 4.78 is 12.6. The van der Waals surface area contributed by atoms with Crippen LogP contribution in [-0.2, 0) is 13.2 Å². The van der Waals surface area contributed by atoms with E-state index in [0.717, 1.165) is 32.4 Å². The van der Waals surface area contributed by atoms with Crippen molar-refractivity contribution >= 4 is 26.8 Å². The van der Waals surface area contributed by atoms with Gasteiger partial charge in [0.15, 0.2) is 22.3 Å². The van der Waals surface area contributed by atoms with Crippen molar-refractivity contribution in [3.63, 3.8) is 0 Å². The van der Waals surface area contributed by atoms with Crippen LogP contribution in [0.25, 0.3) is 10.3 Å². The number of pyridine rings is 1. The molecule has 154 valence electrons. The Kier molecular flexibility index (Phi) is 6.41. The predicted molar refractivity (Wildman–Crippen MR) is 121 cm³/mol. The first-order valence-corrected chi connectivity index (χ1v) is 10.6. The number of thiazole rings is 1. The van der Waals surface area contributed by atoms with E-state index in [1.54, 1.807) is 24.6 Å².